The standard InChI is InChI=1S/C11H10ClNO/c1-6-3-4-8(12)10-9(6)11(14)7(2)5-13-10/h3-5H,1-2H3,(H,13,14). The van der Waals surface area contributed by atoms with Crippen LogP contribution in [-0.4, -0.2) is 4.98 Å². The Hall–Kier alpha value is -1.28. The molecule has 0 spiro atoms. The molecule has 0 unspecified atom stereocenters. The van der Waals surface area contributed by atoms with Crippen LogP contribution in [0.2, 0.25) is 5.02 Å². The predicted molar refractivity (Wildman–Crippen MR) is 59.1 cm³/mol. The minimum absolute atomic E-state index is 0.0544. The summed E-state index contributed by atoms with van der Waals surface area (Å²) in [6.45, 7) is 3.70. The van der Waals surface area contributed by atoms with E-state index in [-0.39, 0.29) is 5.43 Å². The van der Waals surface area contributed by atoms with Gasteiger partial charge in [-0.2, -0.15) is 0 Å². The minimum Gasteiger partial charge on any atom is -0.359 e. The molecule has 1 aromatic carbocycles. The first-order valence-electron chi connectivity index (χ1n) is 4.38. The van der Waals surface area contributed by atoms with Gasteiger partial charge in [0, 0.05) is 11.8 Å². The lowest BCUT2D eigenvalue weighted by atomic mass is 10.1. The second-order valence-corrected chi connectivity index (χ2v) is 3.82. The fourth-order valence-corrected chi connectivity index (χ4v) is 1.77. The van der Waals surface area contributed by atoms with Crippen LogP contribution < -0.4 is 5.43 Å². The maximum Gasteiger partial charge on any atom is 0.192 e. The molecule has 1 aromatic heterocycles. The summed E-state index contributed by atoms with van der Waals surface area (Å²) in [6.07, 6.45) is 1.69. The van der Waals surface area contributed by atoms with Gasteiger partial charge in [0.1, 0.15) is 0 Å². The number of H-pyrrole nitrogens is 1. The molecule has 0 fully saturated rings. The zero-order valence-electron chi connectivity index (χ0n) is 8.02. The van der Waals surface area contributed by atoms with Crippen molar-refractivity contribution in [1.29, 1.82) is 0 Å². The zero-order chi connectivity index (χ0) is 10.3. The van der Waals surface area contributed by atoms with Crippen molar-refractivity contribution in [2.24, 2.45) is 0 Å². The molecule has 2 rings (SSSR count). The van der Waals surface area contributed by atoms with E-state index in [0.29, 0.717) is 16.0 Å². The third-order valence-electron chi connectivity index (χ3n) is 2.38. The molecule has 0 aliphatic rings. The number of rotatable bonds is 0. The van der Waals surface area contributed by atoms with Crippen molar-refractivity contribution in [2.75, 3.05) is 0 Å². The van der Waals surface area contributed by atoms with Gasteiger partial charge < -0.3 is 4.98 Å². The van der Waals surface area contributed by atoms with E-state index in [9.17, 15) is 4.79 Å². The quantitative estimate of drug-likeness (QED) is 0.708. The molecule has 0 bridgehead atoms. The number of nitrogens with one attached hydrogen (secondary N) is 1. The van der Waals surface area contributed by atoms with Crippen LogP contribution in [0.3, 0.4) is 0 Å². The molecule has 72 valence electrons. The van der Waals surface area contributed by atoms with Crippen LogP contribution >= 0.6 is 11.6 Å². The van der Waals surface area contributed by atoms with Gasteiger partial charge in [0.15, 0.2) is 5.43 Å². The van der Waals surface area contributed by atoms with Gasteiger partial charge in [-0.05, 0) is 25.5 Å². The SMILES string of the molecule is Cc1c[nH]c2c(Cl)ccc(C)c2c1=O. The highest BCUT2D eigenvalue weighted by atomic mass is 35.5. The first-order valence-corrected chi connectivity index (χ1v) is 4.76. The fourth-order valence-electron chi connectivity index (χ4n) is 1.56. The molecule has 0 saturated carbocycles. The summed E-state index contributed by atoms with van der Waals surface area (Å²) < 4.78 is 0. The van der Waals surface area contributed by atoms with Crippen molar-refractivity contribution in [3.63, 3.8) is 0 Å². The highest BCUT2D eigenvalue weighted by Gasteiger charge is 2.06. The van der Waals surface area contributed by atoms with Gasteiger partial charge in [-0.3, -0.25) is 4.79 Å². The maximum absolute atomic E-state index is 11.8. The number of hydrogen-bond donors (Lipinski definition) is 1. The van der Waals surface area contributed by atoms with Crippen LogP contribution in [0.1, 0.15) is 11.1 Å². The molecule has 0 saturated heterocycles. The molecular formula is C11H10ClNO. The van der Waals surface area contributed by atoms with Gasteiger partial charge in [-0.1, -0.05) is 17.7 Å². The molecule has 0 aliphatic carbocycles. The molecule has 0 aliphatic heterocycles. The summed E-state index contributed by atoms with van der Waals surface area (Å²) >= 11 is 5.98. The van der Waals surface area contributed by atoms with E-state index in [0.717, 1.165) is 11.1 Å². The van der Waals surface area contributed by atoms with Gasteiger partial charge in [-0.15, -0.1) is 0 Å². The summed E-state index contributed by atoms with van der Waals surface area (Å²) in [7, 11) is 0. The topological polar surface area (TPSA) is 32.9 Å². The van der Waals surface area contributed by atoms with Crippen LogP contribution in [0, 0.1) is 13.8 Å². The largest absolute Gasteiger partial charge is 0.359 e. The van der Waals surface area contributed by atoms with Crippen LogP contribution in [-0.2, 0) is 0 Å². The highest BCUT2D eigenvalue weighted by Crippen LogP contribution is 2.21. The highest BCUT2D eigenvalue weighted by molar-refractivity contribution is 6.35. The first kappa shape index (κ1) is 9.28. The van der Waals surface area contributed by atoms with Gasteiger partial charge in [0.25, 0.3) is 0 Å². The third kappa shape index (κ3) is 1.23. The average Bonchev–Trinajstić information content (AvgIpc) is 2.16. The molecule has 2 nitrogen and oxygen atoms in total. The molecule has 1 heterocycles. The normalized spacial score (nSPS) is 10.8. The van der Waals surface area contributed by atoms with Gasteiger partial charge >= 0.3 is 0 Å². The molecule has 14 heavy (non-hydrogen) atoms. The Bertz CT molecular complexity index is 557. The fraction of sp³-hybridized carbons (Fsp3) is 0.182. The summed E-state index contributed by atoms with van der Waals surface area (Å²) in [5.74, 6) is 0. The monoisotopic (exact) mass is 207 g/mol. The van der Waals surface area contributed by atoms with E-state index in [1.165, 1.54) is 0 Å². The van der Waals surface area contributed by atoms with E-state index in [1.54, 1.807) is 19.2 Å². The van der Waals surface area contributed by atoms with Crippen LogP contribution in [0.15, 0.2) is 23.1 Å². The molecular weight excluding hydrogens is 198 g/mol. The van der Waals surface area contributed by atoms with Crippen LogP contribution in [0.25, 0.3) is 10.9 Å². The molecule has 3 heteroatoms. The number of aromatic nitrogens is 1. The summed E-state index contributed by atoms with van der Waals surface area (Å²) in [4.78, 5) is 14.9. The third-order valence-corrected chi connectivity index (χ3v) is 2.70. The van der Waals surface area contributed by atoms with Crippen molar-refractivity contribution in [3.05, 3.63) is 44.7 Å². The molecule has 1 N–H and O–H groups in total. The Balaban J connectivity index is 3.09. The van der Waals surface area contributed by atoms with E-state index in [1.807, 2.05) is 13.0 Å². The van der Waals surface area contributed by atoms with Crippen molar-refractivity contribution in [3.8, 4) is 0 Å². The molecule has 0 radical (unpaired) electrons. The van der Waals surface area contributed by atoms with Crippen molar-refractivity contribution in [2.45, 2.75) is 13.8 Å². The summed E-state index contributed by atoms with van der Waals surface area (Å²) in [5.41, 5.74) is 2.44. The maximum atomic E-state index is 11.8. The predicted octanol–water partition coefficient (Wildman–Crippen LogP) is 2.80. The Morgan fingerprint density at radius 2 is 1.93 bits per heavy atom. The number of pyridine rings is 1. The summed E-state index contributed by atoms with van der Waals surface area (Å²) in [6, 6.07) is 3.66. The van der Waals surface area contributed by atoms with E-state index < -0.39 is 0 Å². The van der Waals surface area contributed by atoms with Crippen LogP contribution in [0.5, 0.6) is 0 Å². The van der Waals surface area contributed by atoms with Crippen molar-refractivity contribution >= 4 is 22.5 Å². The van der Waals surface area contributed by atoms with Crippen molar-refractivity contribution < 1.29 is 0 Å². The van der Waals surface area contributed by atoms with Gasteiger partial charge in [-0.25, -0.2) is 0 Å². The second-order valence-electron chi connectivity index (χ2n) is 3.42. The lowest BCUT2D eigenvalue weighted by Gasteiger charge is -2.04. The average molecular weight is 208 g/mol. The second kappa shape index (κ2) is 3.14. The summed E-state index contributed by atoms with van der Waals surface area (Å²) in [5, 5.41) is 1.28. The zero-order valence-corrected chi connectivity index (χ0v) is 8.77. The lowest BCUT2D eigenvalue weighted by Crippen LogP contribution is -2.07. The minimum atomic E-state index is 0.0544. The Labute approximate surface area is 86.5 Å². The van der Waals surface area contributed by atoms with E-state index in [2.05, 4.69) is 4.98 Å². The smallest absolute Gasteiger partial charge is 0.192 e. The Morgan fingerprint density at radius 3 is 2.64 bits per heavy atom. The first-order chi connectivity index (χ1) is 6.61. The number of halogens is 1. The molecule has 2 aromatic rings. The van der Waals surface area contributed by atoms with Gasteiger partial charge in [0.05, 0.1) is 15.9 Å². The van der Waals surface area contributed by atoms with E-state index in [4.69, 9.17) is 11.6 Å². The number of aryl methyl sites for hydroxylation is 2. The lowest BCUT2D eigenvalue weighted by molar-refractivity contribution is 1.29. The van der Waals surface area contributed by atoms with E-state index >= 15 is 0 Å². The molecule has 0 atom stereocenters. The number of fused-ring (bicyclic) bond motifs is 1. The number of aromatic amines is 1. The Kier molecular flexibility index (Phi) is 2.08. The molecule has 0 amide bonds. The van der Waals surface area contributed by atoms with Crippen molar-refractivity contribution in [1.82, 2.24) is 4.98 Å². The number of hydrogen-bond acceptors (Lipinski definition) is 1. The van der Waals surface area contributed by atoms with Crippen LogP contribution in [0.4, 0.5) is 0 Å². The number of benzene rings is 1. The van der Waals surface area contributed by atoms with Gasteiger partial charge in [0.2, 0.25) is 0 Å². The Morgan fingerprint density at radius 1 is 1.21 bits per heavy atom.